The third kappa shape index (κ3) is 6.10. The van der Waals surface area contributed by atoms with Crippen molar-refractivity contribution in [3.8, 4) is 17.2 Å². The molecule has 10 heteroatoms. The normalized spacial score (nSPS) is 11.2. The Morgan fingerprint density at radius 1 is 0.973 bits per heavy atom. The highest BCUT2D eigenvalue weighted by Crippen LogP contribution is 2.28. The van der Waals surface area contributed by atoms with Crippen LogP contribution in [0.15, 0.2) is 66.9 Å². The second-order valence-electron chi connectivity index (χ2n) is 9.38. The molecule has 0 saturated heterocycles. The minimum atomic E-state index is -1.05. The van der Waals surface area contributed by atoms with Gasteiger partial charge < -0.3 is 15.2 Å². The SMILES string of the molecule is Cc1cc(Oc2ccc(NC(=O)Nc3cc(C(C)(C)C)nn3-c3ccc(C(=O)O)cc3)c(F)c2)ccn1. The van der Waals surface area contributed by atoms with Gasteiger partial charge in [0.2, 0.25) is 0 Å². The lowest BCUT2D eigenvalue weighted by atomic mass is 9.92. The van der Waals surface area contributed by atoms with Gasteiger partial charge in [-0.25, -0.2) is 18.7 Å². The Morgan fingerprint density at radius 3 is 2.30 bits per heavy atom. The molecule has 0 spiro atoms. The molecular weight excluding hydrogens is 477 g/mol. The molecule has 2 heterocycles. The van der Waals surface area contributed by atoms with Crippen molar-refractivity contribution < 1.29 is 23.8 Å². The molecule has 0 saturated carbocycles. The maximum Gasteiger partial charge on any atom is 0.335 e. The number of aryl methyl sites for hydroxylation is 1. The van der Waals surface area contributed by atoms with Crippen LogP contribution in [0.1, 0.15) is 42.5 Å². The number of hydrogen-bond acceptors (Lipinski definition) is 5. The van der Waals surface area contributed by atoms with Crippen molar-refractivity contribution in [1.29, 1.82) is 0 Å². The lowest BCUT2D eigenvalue weighted by Gasteiger charge is -2.14. The van der Waals surface area contributed by atoms with Gasteiger partial charge in [0.15, 0.2) is 0 Å². The topological polar surface area (TPSA) is 118 Å². The zero-order chi connectivity index (χ0) is 26.7. The number of amides is 2. The summed E-state index contributed by atoms with van der Waals surface area (Å²) in [6.07, 6.45) is 1.59. The van der Waals surface area contributed by atoms with Crippen LogP contribution in [0.4, 0.5) is 20.7 Å². The Labute approximate surface area is 212 Å². The number of pyridine rings is 1. The van der Waals surface area contributed by atoms with Crippen LogP contribution in [0.5, 0.6) is 11.5 Å². The number of nitrogens with one attached hydrogen (secondary N) is 2. The Balaban J connectivity index is 1.53. The summed E-state index contributed by atoms with van der Waals surface area (Å²) >= 11 is 0. The fourth-order valence-corrected chi connectivity index (χ4v) is 3.43. The zero-order valence-electron chi connectivity index (χ0n) is 20.7. The number of anilines is 2. The zero-order valence-corrected chi connectivity index (χ0v) is 20.7. The van der Waals surface area contributed by atoms with Gasteiger partial charge >= 0.3 is 12.0 Å². The number of rotatable bonds is 6. The van der Waals surface area contributed by atoms with Gasteiger partial charge in [-0.1, -0.05) is 20.8 Å². The molecule has 0 radical (unpaired) electrons. The third-order valence-electron chi connectivity index (χ3n) is 5.37. The molecule has 4 aromatic rings. The van der Waals surface area contributed by atoms with Crippen molar-refractivity contribution in [3.05, 3.63) is 89.6 Å². The van der Waals surface area contributed by atoms with Crippen molar-refractivity contribution >= 4 is 23.5 Å². The van der Waals surface area contributed by atoms with Crippen LogP contribution in [-0.2, 0) is 5.41 Å². The Bertz CT molecular complexity index is 1460. The Morgan fingerprint density at radius 2 is 1.68 bits per heavy atom. The van der Waals surface area contributed by atoms with Gasteiger partial charge in [0, 0.05) is 35.5 Å². The van der Waals surface area contributed by atoms with E-state index in [4.69, 9.17) is 9.84 Å². The number of aromatic carboxylic acids is 1. The number of carboxylic acids is 1. The number of aromatic nitrogens is 3. The molecule has 0 aliphatic rings. The summed E-state index contributed by atoms with van der Waals surface area (Å²) in [4.78, 5) is 28.1. The highest BCUT2D eigenvalue weighted by molar-refractivity contribution is 5.99. The summed E-state index contributed by atoms with van der Waals surface area (Å²) in [5.74, 6) is -0.601. The molecule has 4 rings (SSSR count). The molecule has 0 fully saturated rings. The number of benzene rings is 2. The first-order valence-corrected chi connectivity index (χ1v) is 11.4. The van der Waals surface area contributed by atoms with E-state index in [0.29, 0.717) is 22.9 Å². The lowest BCUT2D eigenvalue weighted by Crippen LogP contribution is -2.22. The minimum absolute atomic E-state index is 0.0383. The number of carboxylic acid groups (broad SMARTS) is 1. The predicted molar refractivity (Wildman–Crippen MR) is 137 cm³/mol. The van der Waals surface area contributed by atoms with E-state index in [1.807, 2.05) is 27.7 Å². The monoisotopic (exact) mass is 503 g/mol. The molecule has 2 amide bonds. The van der Waals surface area contributed by atoms with Gasteiger partial charge in [0.05, 0.1) is 22.6 Å². The highest BCUT2D eigenvalue weighted by Gasteiger charge is 2.22. The van der Waals surface area contributed by atoms with E-state index >= 15 is 0 Å². The van der Waals surface area contributed by atoms with Gasteiger partial charge in [0.25, 0.3) is 0 Å². The van der Waals surface area contributed by atoms with Crippen LogP contribution in [0.25, 0.3) is 5.69 Å². The molecule has 190 valence electrons. The quantitative estimate of drug-likeness (QED) is 0.291. The Hall–Kier alpha value is -4.73. The smallest absolute Gasteiger partial charge is 0.335 e. The first kappa shape index (κ1) is 25.4. The number of ether oxygens (including phenoxy) is 1. The van der Waals surface area contributed by atoms with Crippen LogP contribution in [0, 0.1) is 12.7 Å². The number of carbonyl (C=O) groups is 2. The van der Waals surface area contributed by atoms with Crippen LogP contribution < -0.4 is 15.4 Å². The number of urea groups is 1. The minimum Gasteiger partial charge on any atom is -0.478 e. The van der Waals surface area contributed by atoms with Crippen molar-refractivity contribution in [3.63, 3.8) is 0 Å². The van der Waals surface area contributed by atoms with E-state index < -0.39 is 17.8 Å². The molecule has 0 atom stereocenters. The van der Waals surface area contributed by atoms with Crippen molar-refractivity contribution in [2.24, 2.45) is 0 Å². The number of nitrogens with zero attached hydrogens (tertiary/aromatic N) is 3. The van der Waals surface area contributed by atoms with Gasteiger partial charge in [-0.2, -0.15) is 5.10 Å². The molecule has 0 aliphatic carbocycles. The fourth-order valence-electron chi connectivity index (χ4n) is 3.43. The summed E-state index contributed by atoms with van der Waals surface area (Å²) in [6, 6.07) is 14.6. The van der Waals surface area contributed by atoms with E-state index in [1.165, 1.54) is 28.9 Å². The van der Waals surface area contributed by atoms with E-state index in [-0.39, 0.29) is 22.4 Å². The van der Waals surface area contributed by atoms with E-state index in [9.17, 15) is 14.0 Å². The Kier molecular flexibility index (Phi) is 6.92. The molecule has 0 unspecified atom stereocenters. The van der Waals surface area contributed by atoms with Crippen LogP contribution in [0.3, 0.4) is 0 Å². The van der Waals surface area contributed by atoms with Gasteiger partial charge in [-0.3, -0.25) is 10.3 Å². The van der Waals surface area contributed by atoms with Crippen LogP contribution in [0.2, 0.25) is 0 Å². The van der Waals surface area contributed by atoms with E-state index in [0.717, 1.165) is 5.69 Å². The first-order chi connectivity index (χ1) is 17.5. The standard InChI is InChI=1S/C27H26FN5O4/c1-16-13-20(11-12-29-16)37-19-9-10-22(21(28)14-19)30-26(36)31-24-15-23(27(2,3)4)32-33(24)18-7-5-17(6-8-18)25(34)35/h5-15H,1-4H3,(H,34,35)(H2,30,31,36). The maximum absolute atomic E-state index is 14.7. The van der Waals surface area contributed by atoms with Crippen LogP contribution >= 0.6 is 0 Å². The van der Waals surface area contributed by atoms with Gasteiger partial charge in [-0.05, 0) is 49.4 Å². The summed E-state index contributed by atoms with van der Waals surface area (Å²) in [7, 11) is 0. The molecule has 0 aliphatic heterocycles. The number of halogens is 1. The molecule has 0 bridgehead atoms. The van der Waals surface area contributed by atoms with Crippen LogP contribution in [-0.4, -0.2) is 31.9 Å². The van der Waals surface area contributed by atoms with Crippen molar-refractivity contribution in [2.75, 3.05) is 10.6 Å². The maximum atomic E-state index is 14.7. The van der Waals surface area contributed by atoms with E-state index in [1.54, 1.807) is 42.6 Å². The second kappa shape index (κ2) is 10.1. The fraction of sp³-hybridized carbons (Fsp3) is 0.185. The first-order valence-electron chi connectivity index (χ1n) is 11.4. The summed E-state index contributed by atoms with van der Waals surface area (Å²) < 4.78 is 21.9. The average molecular weight is 504 g/mol. The lowest BCUT2D eigenvalue weighted by molar-refractivity contribution is 0.0697. The third-order valence-corrected chi connectivity index (χ3v) is 5.37. The summed E-state index contributed by atoms with van der Waals surface area (Å²) in [5.41, 5.74) is 1.78. The number of hydrogen-bond donors (Lipinski definition) is 3. The molecule has 2 aromatic carbocycles. The largest absolute Gasteiger partial charge is 0.478 e. The molecule has 2 aromatic heterocycles. The molecule has 3 N–H and O–H groups in total. The highest BCUT2D eigenvalue weighted by atomic mass is 19.1. The van der Waals surface area contributed by atoms with Gasteiger partial charge in [0.1, 0.15) is 23.1 Å². The molecular formula is C27H26FN5O4. The summed E-state index contributed by atoms with van der Waals surface area (Å²) in [5, 5.41) is 19.0. The predicted octanol–water partition coefficient (Wildman–Crippen LogP) is 6.15. The molecule has 9 nitrogen and oxygen atoms in total. The molecule has 37 heavy (non-hydrogen) atoms. The van der Waals surface area contributed by atoms with Gasteiger partial charge in [-0.15, -0.1) is 0 Å². The number of carbonyl (C=O) groups excluding carboxylic acids is 1. The van der Waals surface area contributed by atoms with E-state index in [2.05, 4.69) is 20.7 Å². The van der Waals surface area contributed by atoms with Crippen molar-refractivity contribution in [2.45, 2.75) is 33.1 Å². The second-order valence-corrected chi connectivity index (χ2v) is 9.38. The van der Waals surface area contributed by atoms with Crippen molar-refractivity contribution in [1.82, 2.24) is 14.8 Å². The average Bonchev–Trinajstić information content (AvgIpc) is 3.25. The summed E-state index contributed by atoms with van der Waals surface area (Å²) in [6.45, 7) is 7.75.